The summed E-state index contributed by atoms with van der Waals surface area (Å²) in [5.41, 5.74) is 0. The van der Waals surface area contributed by atoms with E-state index in [1.807, 2.05) is 12.2 Å². The van der Waals surface area contributed by atoms with Gasteiger partial charge in [-0.3, -0.25) is 0 Å². The van der Waals surface area contributed by atoms with Crippen molar-refractivity contribution in [2.45, 2.75) is 0 Å². The van der Waals surface area contributed by atoms with Crippen LogP contribution < -0.4 is 0 Å². The molecular weight excluding hydrogens is 103 g/mol. The zero-order chi connectivity index (χ0) is 4.95. The Kier molecular flexibility index (Phi) is 1.89. The molecule has 0 aromatic rings. The smallest absolute Gasteiger partial charge is 0.0593 e. The summed E-state index contributed by atoms with van der Waals surface area (Å²) in [6, 6.07) is 0. The maximum absolute atomic E-state index is 2.15. The van der Waals surface area contributed by atoms with Crippen molar-refractivity contribution in [3.05, 3.63) is 35.9 Å². The minimum atomic E-state index is 0.871. The number of allylic oxidation sites excluding steroid dienone is 4. The highest BCUT2D eigenvalue weighted by Gasteiger charge is 1.70. The molecule has 0 N–H and O–H groups in total. The van der Waals surface area contributed by atoms with Gasteiger partial charge in [0.15, 0.2) is 0 Å². The molecule has 7 heavy (non-hydrogen) atoms. The Hall–Kier alpha value is -0.350. The molecule has 0 amide bonds. The van der Waals surface area contributed by atoms with Crippen molar-refractivity contribution in [1.29, 1.82) is 0 Å². The van der Waals surface area contributed by atoms with Crippen LogP contribution in [0.4, 0.5) is 0 Å². The third kappa shape index (κ3) is 1.70. The second-order valence-electron chi connectivity index (χ2n) is 1.27. The van der Waals surface area contributed by atoms with Crippen LogP contribution in [0.1, 0.15) is 0 Å². The van der Waals surface area contributed by atoms with Gasteiger partial charge in [0.1, 0.15) is 0 Å². The van der Waals surface area contributed by atoms with Crippen molar-refractivity contribution >= 4 is 8.58 Å². The summed E-state index contributed by atoms with van der Waals surface area (Å²) in [6.45, 7) is 0. The van der Waals surface area contributed by atoms with Crippen LogP contribution in [0.5, 0.6) is 0 Å². The van der Waals surface area contributed by atoms with E-state index in [9.17, 15) is 0 Å². The van der Waals surface area contributed by atoms with E-state index in [0.29, 0.717) is 0 Å². The van der Waals surface area contributed by atoms with E-state index in [0.717, 1.165) is 8.58 Å². The molecule has 1 aliphatic rings. The van der Waals surface area contributed by atoms with Gasteiger partial charge in [-0.15, -0.1) is 0 Å². The molecule has 1 rings (SSSR count). The Bertz CT molecular complexity index is 106. The molecule has 0 unspecified atom stereocenters. The van der Waals surface area contributed by atoms with Crippen molar-refractivity contribution in [1.82, 2.24) is 0 Å². The third-order valence-corrected chi connectivity index (χ3v) is 1.49. The summed E-state index contributed by atoms with van der Waals surface area (Å²) >= 11 is 0. The topological polar surface area (TPSA) is 0 Å². The molecule has 1 heteroatoms. The first kappa shape index (κ1) is 4.80. The van der Waals surface area contributed by atoms with Gasteiger partial charge in [-0.05, 0) is 0 Å². The molecule has 0 spiro atoms. The minimum Gasteiger partial charge on any atom is -0.0749 e. The van der Waals surface area contributed by atoms with Gasteiger partial charge in [0, 0.05) is 0 Å². The van der Waals surface area contributed by atoms with Gasteiger partial charge in [-0.1, -0.05) is 44.5 Å². The Morgan fingerprint density at radius 2 is 1.29 bits per heavy atom. The van der Waals surface area contributed by atoms with Crippen molar-refractivity contribution in [3.63, 3.8) is 0 Å². The van der Waals surface area contributed by atoms with Crippen LogP contribution in [-0.2, 0) is 0 Å². The summed E-state index contributed by atoms with van der Waals surface area (Å²) in [5.74, 6) is 4.31. The zero-order valence-electron chi connectivity index (χ0n) is 3.96. The first-order valence-corrected chi connectivity index (χ1v) is 3.40. The number of hydrogen-bond donors (Lipinski definition) is 0. The lowest BCUT2D eigenvalue weighted by atomic mass is 10.5. The van der Waals surface area contributed by atoms with Crippen LogP contribution in [0.15, 0.2) is 35.9 Å². The highest BCUT2D eigenvalue weighted by Crippen LogP contribution is 2.14. The average molecular weight is 110 g/mol. The largest absolute Gasteiger partial charge is 0.0749 e. The minimum absolute atomic E-state index is 0.871. The molecule has 0 aromatic carbocycles. The standard InChI is InChI=1S/C6H7P/c1-2-4-6-7-5-3-1/h1-7H. The monoisotopic (exact) mass is 110 g/mol. The summed E-state index contributed by atoms with van der Waals surface area (Å²) in [5, 5.41) is 0. The fourth-order valence-electron chi connectivity index (χ4n) is 0.406. The molecule has 0 aliphatic carbocycles. The van der Waals surface area contributed by atoms with Gasteiger partial charge >= 0.3 is 0 Å². The van der Waals surface area contributed by atoms with Gasteiger partial charge in [0.2, 0.25) is 0 Å². The normalized spacial score (nSPS) is 17.1. The Labute approximate surface area is 45.4 Å². The Morgan fingerprint density at radius 3 is 1.86 bits per heavy atom. The van der Waals surface area contributed by atoms with Crippen molar-refractivity contribution in [2.24, 2.45) is 0 Å². The first-order valence-electron chi connectivity index (χ1n) is 2.24. The van der Waals surface area contributed by atoms with E-state index < -0.39 is 0 Å². The van der Waals surface area contributed by atoms with E-state index in [4.69, 9.17) is 0 Å². The molecule has 1 aliphatic heterocycles. The Balaban J connectivity index is 2.60. The molecule has 0 atom stereocenters. The summed E-state index contributed by atoms with van der Waals surface area (Å²) < 4.78 is 0. The number of hydrogen-bond acceptors (Lipinski definition) is 0. The lowest BCUT2D eigenvalue weighted by molar-refractivity contribution is 1.98. The van der Waals surface area contributed by atoms with E-state index in [1.54, 1.807) is 0 Å². The Morgan fingerprint density at radius 1 is 0.714 bits per heavy atom. The fourth-order valence-corrected chi connectivity index (χ4v) is 0.962. The molecule has 0 fully saturated rings. The van der Waals surface area contributed by atoms with Crippen LogP contribution in [0.2, 0.25) is 0 Å². The molecule has 36 valence electrons. The predicted octanol–water partition coefficient (Wildman–Crippen LogP) is 2.26. The highest BCUT2D eigenvalue weighted by atomic mass is 31.1. The molecule has 0 saturated heterocycles. The molecule has 0 saturated carbocycles. The second kappa shape index (κ2) is 2.76. The van der Waals surface area contributed by atoms with Crippen LogP contribution in [0.25, 0.3) is 0 Å². The fraction of sp³-hybridized carbons (Fsp3) is 0. The maximum atomic E-state index is 2.15. The van der Waals surface area contributed by atoms with Crippen molar-refractivity contribution in [2.75, 3.05) is 0 Å². The molecule has 0 bridgehead atoms. The quantitative estimate of drug-likeness (QED) is 0.419. The van der Waals surface area contributed by atoms with Crippen molar-refractivity contribution in [3.8, 4) is 0 Å². The van der Waals surface area contributed by atoms with Gasteiger partial charge in [-0.25, -0.2) is 0 Å². The SMILES string of the molecule is C1=CC=CPC=C1. The molecular formula is C6H7P. The van der Waals surface area contributed by atoms with Gasteiger partial charge in [0.05, 0.1) is 0 Å². The first-order chi connectivity index (χ1) is 3.50. The van der Waals surface area contributed by atoms with Crippen LogP contribution in [-0.4, -0.2) is 0 Å². The van der Waals surface area contributed by atoms with Crippen molar-refractivity contribution < 1.29 is 0 Å². The average Bonchev–Trinajstić information content (AvgIpc) is 1.90. The highest BCUT2D eigenvalue weighted by molar-refractivity contribution is 7.45. The van der Waals surface area contributed by atoms with E-state index >= 15 is 0 Å². The maximum Gasteiger partial charge on any atom is -0.0593 e. The van der Waals surface area contributed by atoms with Crippen LogP contribution in [0, 0.1) is 0 Å². The van der Waals surface area contributed by atoms with Crippen LogP contribution in [0.3, 0.4) is 0 Å². The third-order valence-electron chi connectivity index (χ3n) is 0.718. The predicted molar refractivity (Wildman–Crippen MR) is 35.7 cm³/mol. The van der Waals surface area contributed by atoms with E-state index in [1.165, 1.54) is 0 Å². The van der Waals surface area contributed by atoms with Gasteiger partial charge in [-0.2, -0.15) is 0 Å². The lowest BCUT2D eigenvalue weighted by Crippen LogP contribution is -1.38. The molecule has 0 aromatic heterocycles. The van der Waals surface area contributed by atoms with E-state index in [2.05, 4.69) is 23.8 Å². The zero-order valence-corrected chi connectivity index (χ0v) is 4.96. The van der Waals surface area contributed by atoms with Gasteiger partial charge in [0.25, 0.3) is 0 Å². The molecule has 1 heterocycles. The van der Waals surface area contributed by atoms with E-state index in [-0.39, 0.29) is 0 Å². The summed E-state index contributed by atoms with van der Waals surface area (Å²) in [7, 11) is 0.871. The van der Waals surface area contributed by atoms with Gasteiger partial charge < -0.3 is 0 Å². The molecule has 0 radical (unpaired) electrons. The lowest BCUT2D eigenvalue weighted by Gasteiger charge is -1.70. The molecule has 0 nitrogen and oxygen atoms in total. The van der Waals surface area contributed by atoms with Crippen LogP contribution >= 0.6 is 8.58 Å². The summed E-state index contributed by atoms with van der Waals surface area (Å²) in [4.78, 5) is 0. The summed E-state index contributed by atoms with van der Waals surface area (Å²) in [6.07, 6.45) is 8.21. The number of rotatable bonds is 0. The second-order valence-corrected chi connectivity index (χ2v) is 2.27.